The molecule has 0 bridgehead atoms. The van der Waals surface area contributed by atoms with Gasteiger partial charge in [-0.1, -0.05) is 18.2 Å². The van der Waals surface area contributed by atoms with Crippen molar-refractivity contribution in [1.29, 1.82) is 0 Å². The van der Waals surface area contributed by atoms with Gasteiger partial charge in [0.1, 0.15) is 0 Å². The molecule has 9 heteroatoms. The highest BCUT2D eigenvalue weighted by atomic mass is 16.7. The monoisotopic (exact) mass is 345 g/mol. The number of ether oxygens (including phenoxy) is 2. The van der Waals surface area contributed by atoms with Crippen LogP contribution >= 0.6 is 0 Å². The van der Waals surface area contributed by atoms with Crippen LogP contribution in [0, 0.1) is 0 Å². The van der Waals surface area contributed by atoms with Gasteiger partial charge in [-0.05, 0) is 12.1 Å². The van der Waals surface area contributed by atoms with Crippen molar-refractivity contribution in [1.82, 2.24) is 20.1 Å². The van der Waals surface area contributed by atoms with Crippen LogP contribution in [-0.4, -0.2) is 54.3 Å². The third kappa shape index (κ3) is 3.37. The Morgan fingerprint density at radius 3 is 2.60 bits per heavy atom. The van der Waals surface area contributed by atoms with Gasteiger partial charge in [0.2, 0.25) is 11.6 Å². The second-order valence-corrected chi connectivity index (χ2v) is 5.40. The zero-order valence-electron chi connectivity index (χ0n) is 14.0. The molecule has 0 saturated carbocycles. The predicted octanol–water partition coefficient (Wildman–Crippen LogP) is 0.139. The number of hydrogen-bond acceptors (Lipinski definition) is 7. The second-order valence-electron chi connectivity index (χ2n) is 5.40. The molecule has 132 valence electrons. The van der Waals surface area contributed by atoms with Crippen LogP contribution < -0.4 is 15.8 Å². The van der Waals surface area contributed by atoms with Crippen LogP contribution in [0.25, 0.3) is 0 Å². The van der Waals surface area contributed by atoms with Crippen molar-refractivity contribution < 1.29 is 14.3 Å². The van der Waals surface area contributed by atoms with Gasteiger partial charge in [-0.25, -0.2) is 0 Å². The summed E-state index contributed by atoms with van der Waals surface area (Å²) in [5.74, 6) is -0.176. The molecule has 0 unspecified atom stereocenters. The number of anilines is 2. The Hall–Kier alpha value is -2.78. The molecule has 1 aromatic carbocycles. The Kier molecular flexibility index (Phi) is 5.05. The lowest BCUT2D eigenvalue weighted by molar-refractivity contribution is -0.0974. The van der Waals surface area contributed by atoms with Gasteiger partial charge in [-0.2, -0.15) is 0 Å². The Balaban J connectivity index is 1.82. The Labute approximate surface area is 144 Å². The molecule has 2 aromatic rings. The fourth-order valence-electron chi connectivity index (χ4n) is 2.63. The lowest BCUT2D eigenvalue weighted by Crippen LogP contribution is -2.39. The van der Waals surface area contributed by atoms with Gasteiger partial charge in [0, 0.05) is 33.0 Å². The quantitative estimate of drug-likeness (QED) is 0.744. The number of benzene rings is 1. The number of para-hydroxylation sites is 1. The molecule has 0 saturated heterocycles. The number of aromatic nitrogens is 3. The molecule has 25 heavy (non-hydrogen) atoms. The molecule has 0 fully saturated rings. The van der Waals surface area contributed by atoms with Crippen LogP contribution in [0.3, 0.4) is 0 Å². The van der Waals surface area contributed by atoms with Crippen molar-refractivity contribution in [2.45, 2.75) is 12.8 Å². The first-order valence-corrected chi connectivity index (χ1v) is 7.79. The summed E-state index contributed by atoms with van der Waals surface area (Å²) in [4.78, 5) is 26.7. The molecule has 1 amide bonds. The predicted molar refractivity (Wildman–Crippen MR) is 89.9 cm³/mol. The van der Waals surface area contributed by atoms with Crippen molar-refractivity contribution in [2.75, 3.05) is 32.2 Å². The summed E-state index contributed by atoms with van der Waals surface area (Å²) in [6.07, 6.45) is -0.595. The molecule has 3 rings (SSSR count). The highest BCUT2D eigenvalue weighted by Gasteiger charge is 2.27. The lowest BCUT2D eigenvalue weighted by Gasteiger charge is -2.16. The molecular formula is C16H19N5O4. The summed E-state index contributed by atoms with van der Waals surface area (Å²) in [6.45, 7) is 1.14. The number of rotatable bonds is 6. The maximum absolute atomic E-state index is 12.6. The average Bonchev–Trinajstić information content (AvgIpc) is 3.08. The Morgan fingerprint density at radius 2 is 1.92 bits per heavy atom. The zero-order chi connectivity index (χ0) is 17.8. The van der Waals surface area contributed by atoms with Crippen LogP contribution in [-0.2, 0) is 16.0 Å². The minimum absolute atomic E-state index is 0.102. The third-order valence-corrected chi connectivity index (χ3v) is 3.96. The molecule has 0 spiro atoms. The Bertz CT molecular complexity index is 804. The number of methoxy groups -OCH3 is 2. The van der Waals surface area contributed by atoms with Crippen molar-refractivity contribution in [3.63, 3.8) is 0 Å². The first-order chi connectivity index (χ1) is 12.2. The zero-order valence-corrected chi connectivity index (χ0v) is 14.0. The van der Waals surface area contributed by atoms with Crippen LogP contribution in [0.5, 0.6) is 0 Å². The number of carbonyl (C=O) groups is 1. The molecule has 2 heterocycles. The minimum atomic E-state index is -0.606. The number of fused-ring (bicyclic) bond motifs is 1. The van der Waals surface area contributed by atoms with Gasteiger partial charge < -0.3 is 19.7 Å². The second kappa shape index (κ2) is 7.41. The van der Waals surface area contributed by atoms with E-state index in [4.69, 9.17) is 9.47 Å². The van der Waals surface area contributed by atoms with Crippen molar-refractivity contribution in [2.24, 2.45) is 0 Å². The van der Waals surface area contributed by atoms with E-state index >= 15 is 0 Å². The Morgan fingerprint density at radius 1 is 1.20 bits per heavy atom. The van der Waals surface area contributed by atoms with Crippen LogP contribution in [0.1, 0.15) is 10.5 Å². The average molecular weight is 345 g/mol. The molecule has 9 nitrogen and oxygen atoms in total. The minimum Gasteiger partial charge on any atom is -0.354 e. The maximum atomic E-state index is 12.6. The van der Waals surface area contributed by atoms with E-state index in [9.17, 15) is 9.59 Å². The summed E-state index contributed by atoms with van der Waals surface area (Å²) in [7, 11) is 2.92. The molecule has 1 N–H and O–H groups in total. The van der Waals surface area contributed by atoms with Gasteiger partial charge >= 0.3 is 0 Å². The number of amides is 1. The van der Waals surface area contributed by atoms with Crippen LogP contribution in [0.4, 0.5) is 11.6 Å². The fraction of sp³-hybridized carbons (Fsp3) is 0.375. The van der Waals surface area contributed by atoms with E-state index < -0.39 is 17.8 Å². The van der Waals surface area contributed by atoms with Crippen molar-refractivity contribution in [3.8, 4) is 0 Å². The topological polar surface area (TPSA) is 98.6 Å². The first-order valence-electron chi connectivity index (χ1n) is 7.79. The molecule has 0 atom stereocenters. The van der Waals surface area contributed by atoms with E-state index in [2.05, 4.69) is 15.5 Å². The van der Waals surface area contributed by atoms with Gasteiger partial charge in [0.15, 0.2) is 6.29 Å². The summed E-state index contributed by atoms with van der Waals surface area (Å²) in [5.41, 5.74) is 0.208. The van der Waals surface area contributed by atoms with Gasteiger partial charge in [-0.15, -0.1) is 10.2 Å². The highest BCUT2D eigenvalue weighted by molar-refractivity contribution is 5.91. The van der Waals surface area contributed by atoms with Crippen LogP contribution in [0.2, 0.25) is 0 Å². The molecule has 1 aromatic heterocycles. The third-order valence-electron chi connectivity index (χ3n) is 3.96. The standard InChI is InChI=1S/C16H19N5O4/c1-24-12(25-2)10-17-14(22)13-15(23)21-9-8-20(16(21)19-18-13)11-6-4-3-5-7-11/h3-7,12H,8-10H2,1-2H3,(H,17,22). The van der Waals surface area contributed by atoms with Gasteiger partial charge in [0.05, 0.1) is 6.54 Å². The van der Waals surface area contributed by atoms with E-state index in [1.54, 1.807) is 0 Å². The van der Waals surface area contributed by atoms with Crippen molar-refractivity contribution >= 4 is 17.5 Å². The highest BCUT2D eigenvalue weighted by Crippen LogP contribution is 2.25. The SMILES string of the molecule is COC(CNC(=O)c1nnc2n(c1=O)CCN2c1ccccc1)OC. The molecule has 1 aliphatic heterocycles. The van der Waals surface area contributed by atoms with E-state index in [1.807, 2.05) is 35.2 Å². The summed E-state index contributed by atoms with van der Waals surface area (Å²) in [6, 6.07) is 9.59. The van der Waals surface area contributed by atoms with Gasteiger partial charge in [-0.3, -0.25) is 14.2 Å². The summed E-state index contributed by atoms with van der Waals surface area (Å²) < 4.78 is 11.4. The summed E-state index contributed by atoms with van der Waals surface area (Å²) >= 11 is 0. The number of hydrogen-bond donors (Lipinski definition) is 1. The fourth-order valence-corrected chi connectivity index (χ4v) is 2.63. The van der Waals surface area contributed by atoms with Gasteiger partial charge in [0.25, 0.3) is 11.5 Å². The molecule has 0 aliphatic carbocycles. The number of nitrogens with zero attached hydrogens (tertiary/aromatic N) is 4. The maximum Gasteiger partial charge on any atom is 0.286 e. The van der Waals surface area contributed by atoms with E-state index in [0.29, 0.717) is 19.0 Å². The van der Waals surface area contributed by atoms with E-state index in [1.165, 1.54) is 18.8 Å². The van der Waals surface area contributed by atoms with E-state index in [-0.39, 0.29) is 12.2 Å². The van der Waals surface area contributed by atoms with E-state index in [0.717, 1.165) is 5.69 Å². The molecule has 1 aliphatic rings. The normalized spacial score (nSPS) is 13.2. The summed E-state index contributed by atoms with van der Waals surface area (Å²) in [5, 5.41) is 10.5. The first kappa shape index (κ1) is 17.1. The number of nitrogens with one attached hydrogen (secondary N) is 1. The number of carbonyl (C=O) groups excluding carboxylic acids is 1. The van der Waals surface area contributed by atoms with Crippen molar-refractivity contribution in [3.05, 3.63) is 46.4 Å². The smallest absolute Gasteiger partial charge is 0.286 e. The largest absolute Gasteiger partial charge is 0.354 e. The lowest BCUT2D eigenvalue weighted by atomic mass is 10.3. The molecular weight excluding hydrogens is 326 g/mol. The van der Waals surface area contributed by atoms with Crippen LogP contribution in [0.15, 0.2) is 35.1 Å². The molecule has 0 radical (unpaired) electrons.